The van der Waals surface area contributed by atoms with Gasteiger partial charge in [-0.25, -0.2) is 9.59 Å². The Hall–Kier alpha value is -1.30. The van der Waals surface area contributed by atoms with E-state index in [0.29, 0.717) is 26.1 Å². The molecule has 0 bridgehead atoms. The Balaban J connectivity index is 2.00. The zero-order valence-electron chi connectivity index (χ0n) is 12.3. The normalized spacial score (nSPS) is 23.8. The third-order valence-electron chi connectivity index (χ3n) is 4.13. The molecule has 6 heteroatoms. The van der Waals surface area contributed by atoms with Crippen molar-refractivity contribution in [3.8, 4) is 0 Å². The Morgan fingerprint density at radius 2 is 1.70 bits per heavy atom. The number of carboxylic acids is 1. The summed E-state index contributed by atoms with van der Waals surface area (Å²) in [5, 5.41) is 12.1. The Labute approximate surface area is 118 Å². The lowest BCUT2D eigenvalue weighted by atomic mass is 9.66. The SMILES string of the molecule is CC(C)(C)OC(=O)NC1(C(=O)O)CCC2(CC1)COC2. The number of amides is 1. The average molecular weight is 285 g/mol. The van der Waals surface area contributed by atoms with Gasteiger partial charge in [-0.2, -0.15) is 0 Å². The first-order valence-corrected chi connectivity index (χ1v) is 6.99. The molecule has 20 heavy (non-hydrogen) atoms. The van der Waals surface area contributed by atoms with Gasteiger partial charge in [-0.15, -0.1) is 0 Å². The van der Waals surface area contributed by atoms with Crippen LogP contribution in [0, 0.1) is 5.41 Å². The van der Waals surface area contributed by atoms with Crippen molar-refractivity contribution in [2.45, 2.75) is 57.6 Å². The molecule has 6 nitrogen and oxygen atoms in total. The van der Waals surface area contributed by atoms with Crippen LogP contribution in [0.4, 0.5) is 4.79 Å². The largest absolute Gasteiger partial charge is 0.480 e. The Kier molecular flexibility index (Phi) is 3.71. The smallest absolute Gasteiger partial charge is 0.408 e. The first-order valence-electron chi connectivity index (χ1n) is 6.99. The van der Waals surface area contributed by atoms with Crippen LogP contribution in [-0.4, -0.2) is 41.5 Å². The van der Waals surface area contributed by atoms with E-state index in [2.05, 4.69) is 5.32 Å². The van der Waals surface area contributed by atoms with E-state index in [1.54, 1.807) is 20.8 Å². The van der Waals surface area contributed by atoms with E-state index in [1.807, 2.05) is 0 Å². The van der Waals surface area contributed by atoms with Gasteiger partial charge in [-0.1, -0.05) is 0 Å². The summed E-state index contributed by atoms with van der Waals surface area (Å²) in [6, 6.07) is 0. The molecular weight excluding hydrogens is 262 g/mol. The molecule has 1 saturated heterocycles. The van der Waals surface area contributed by atoms with Crippen LogP contribution in [0.15, 0.2) is 0 Å². The van der Waals surface area contributed by atoms with Crippen molar-refractivity contribution in [3.05, 3.63) is 0 Å². The van der Waals surface area contributed by atoms with Gasteiger partial charge in [0.2, 0.25) is 0 Å². The zero-order valence-corrected chi connectivity index (χ0v) is 12.3. The first kappa shape index (κ1) is 15.1. The van der Waals surface area contributed by atoms with Crippen molar-refractivity contribution in [1.82, 2.24) is 5.32 Å². The van der Waals surface area contributed by atoms with Crippen LogP contribution >= 0.6 is 0 Å². The number of carbonyl (C=O) groups excluding carboxylic acids is 1. The van der Waals surface area contributed by atoms with Gasteiger partial charge >= 0.3 is 12.1 Å². The van der Waals surface area contributed by atoms with E-state index in [4.69, 9.17) is 9.47 Å². The standard InChI is InChI=1S/C14H23NO5/c1-12(2,3)20-11(18)15-14(10(16)17)6-4-13(5-7-14)8-19-9-13/h4-9H2,1-3H3,(H,15,18)(H,16,17). The fourth-order valence-electron chi connectivity index (χ4n) is 2.78. The average Bonchev–Trinajstić information content (AvgIpc) is 2.25. The predicted molar refractivity (Wildman–Crippen MR) is 71.5 cm³/mol. The summed E-state index contributed by atoms with van der Waals surface area (Å²) in [7, 11) is 0. The number of hydrogen-bond donors (Lipinski definition) is 2. The highest BCUT2D eigenvalue weighted by atomic mass is 16.6. The van der Waals surface area contributed by atoms with E-state index >= 15 is 0 Å². The highest BCUT2D eigenvalue weighted by molar-refractivity contribution is 5.84. The molecule has 1 aliphatic carbocycles. The van der Waals surface area contributed by atoms with Gasteiger partial charge in [-0.05, 0) is 46.5 Å². The number of carbonyl (C=O) groups is 2. The van der Waals surface area contributed by atoms with Gasteiger partial charge in [0.05, 0.1) is 13.2 Å². The second-order valence-electron chi connectivity index (χ2n) is 7.01. The van der Waals surface area contributed by atoms with Crippen LogP contribution < -0.4 is 5.32 Å². The van der Waals surface area contributed by atoms with Crippen LogP contribution in [0.25, 0.3) is 0 Å². The van der Waals surface area contributed by atoms with Crippen molar-refractivity contribution in [2.24, 2.45) is 5.41 Å². The maximum absolute atomic E-state index is 11.9. The summed E-state index contributed by atoms with van der Waals surface area (Å²) in [5.41, 5.74) is -1.71. The van der Waals surface area contributed by atoms with E-state index in [9.17, 15) is 14.7 Å². The summed E-state index contributed by atoms with van der Waals surface area (Å²) in [6.45, 7) is 6.66. The molecule has 0 aromatic heterocycles. The number of nitrogens with one attached hydrogen (secondary N) is 1. The van der Waals surface area contributed by atoms with E-state index < -0.39 is 23.2 Å². The fraction of sp³-hybridized carbons (Fsp3) is 0.857. The Morgan fingerprint density at radius 1 is 1.15 bits per heavy atom. The molecule has 2 fully saturated rings. The lowest BCUT2D eigenvalue weighted by Gasteiger charge is -2.49. The van der Waals surface area contributed by atoms with Crippen LogP contribution in [0.5, 0.6) is 0 Å². The summed E-state index contributed by atoms with van der Waals surface area (Å²) in [6.07, 6.45) is 1.70. The fourth-order valence-corrected chi connectivity index (χ4v) is 2.78. The van der Waals surface area contributed by atoms with Gasteiger partial charge in [0, 0.05) is 5.41 Å². The molecule has 0 radical (unpaired) electrons. The quantitative estimate of drug-likeness (QED) is 0.809. The molecule has 114 valence electrons. The number of ether oxygens (including phenoxy) is 2. The third kappa shape index (κ3) is 3.06. The van der Waals surface area contributed by atoms with Crippen molar-refractivity contribution >= 4 is 12.1 Å². The maximum Gasteiger partial charge on any atom is 0.408 e. The molecule has 2 aliphatic rings. The van der Waals surface area contributed by atoms with Gasteiger partial charge in [0.25, 0.3) is 0 Å². The molecule has 2 N–H and O–H groups in total. The van der Waals surface area contributed by atoms with Crippen molar-refractivity contribution in [2.75, 3.05) is 13.2 Å². The van der Waals surface area contributed by atoms with E-state index in [-0.39, 0.29) is 5.41 Å². The molecule has 1 spiro atoms. The van der Waals surface area contributed by atoms with Crippen molar-refractivity contribution in [3.63, 3.8) is 0 Å². The third-order valence-corrected chi connectivity index (χ3v) is 4.13. The monoisotopic (exact) mass is 285 g/mol. The van der Waals surface area contributed by atoms with Crippen LogP contribution in [-0.2, 0) is 14.3 Å². The minimum Gasteiger partial charge on any atom is -0.480 e. The lowest BCUT2D eigenvalue weighted by Crippen LogP contribution is -2.60. The number of alkyl carbamates (subject to hydrolysis) is 1. The van der Waals surface area contributed by atoms with Gasteiger partial charge in [-0.3, -0.25) is 0 Å². The predicted octanol–water partition coefficient (Wildman–Crippen LogP) is 1.93. The molecule has 0 unspecified atom stereocenters. The summed E-state index contributed by atoms with van der Waals surface area (Å²) in [4.78, 5) is 23.5. The summed E-state index contributed by atoms with van der Waals surface area (Å²) in [5.74, 6) is -0.988. The topological polar surface area (TPSA) is 84.9 Å². The minimum atomic E-state index is -1.21. The van der Waals surface area contributed by atoms with Crippen LogP contribution in [0.2, 0.25) is 0 Å². The molecule has 0 atom stereocenters. The molecule has 1 amide bonds. The molecule has 1 saturated carbocycles. The molecule has 0 aromatic rings. The highest BCUT2D eigenvalue weighted by Gasteiger charge is 2.51. The zero-order chi connectivity index (χ0) is 15.0. The second-order valence-corrected chi connectivity index (χ2v) is 7.01. The van der Waals surface area contributed by atoms with Gasteiger partial charge < -0.3 is 19.9 Å². The molecule has 0 aromatic carbocycles. The second kappa shape index (κ2) is 4.91. The molecular formula is C14H23NO5. The molecule has 1 heterocycles. The minimum absolute atomic E-state index is 0.133. The van der Waals surface area contributed by atoms with Crippen LogP contribution in [0.3, 0.4) is 0 Å². The molecule has 1 aliphatic heterocycles. The van der Waals surface area contributed by atoms with Gasteiger partial charge in [0.1, 0.15) is 11.1 Å². The van der Waals surface area contributed by atoms with Crippen molar-refractivity contribution < 1.29 is 24.2 Å². The lowest BCUT2D eigenvalue weighted by molar-refractivity contribution is -0.160. The summed E-state index contributed by atoms with van der Waals surface area (Å²) >= 11 is 0. The number of carboxylic acid groups (broad SMARTS) is 1. The van der Waals surface area contributed by atoms with Crippen LogP contribution in [0.1, 0.15) is 46.5 Å². The Bertz CT molecular complexity index is 398. The highest BCUT2D eigenvalue weighted by Crippen LogP contribution is 2.45. The number of hydrogen-bond acceptors (Lipinski definition) is 4. The molecule has 2 rings (SSSR count). The van der Waals surface area contributed by atoms with Gasteiger partial charge in [0.15, 0.2) is 0 Å². The van der Waals surface area contributed by atoms with E-state index in [1.165, 1.54) is 0 Å². The first-order chi connectivity index (χ1) is 9.17. The van der Waals surface area contributed by atoms with E-state index in [0.717, 1.165) is 12.8 Å². The summed E-state index contributed by atoms with van der Waals surface area (Å²) < 4.78 is 10.4. The maximum atomic E-state index is 11.9. The number of aliphatic carboxylic acids is 1. The Morgan fingerprint density at radius 3 is 2.05 bits per heavy atom. The van der Waals surface area contributed by atoms with Crippen molar-refractivity contribution in [1.29, 1.82) is 0 Å². The number of rotatable bonds is 2.